The van der Waals surface area contributed by atoms with Crippen molar-refractivity contribution >= 4 is 27.4 Å². The molecule has 0 aliphatic rings. The van der Waals surface area contributed by atoms with E-state index < -0.39 is 16.0 Å². The molecule has 0 aliphatic carbocycles. The summed E-state index contributed by atoms with van der Waals surface area (Å²) in [7, 11) is 0. The fourth-order valence-corrected chi connectivity index (χ4v) is 2.33. The van der Waals surface area contributed by atoms with Crippen LogP contribution in [0, 0.1) is 17.0 Å². The third kappa shape index (κ3) is 3.12. The van der Waals surface area contributed by atoms with Crippen molar-refractivity contribution in [2.45, 2.75) is 11.8 Å². The zero-order valence-corrected chi connectivity index (χ0v) is 10.6. The summed E-state index contributed by atoms with van der Waals surface area (Å²) in [4.78, 5) is 9.97. The molecule has 1 heterocycles. The van der Waals surface area contributed by atoms with E-state index in [-0.39, 0.29) is 39.5 Å². The SMILES string of the molecule is Cc1cc(S(=O)[O-])c([N+](=O)[O-])s1.[Na+]. The Balaban J connectivity index is 0.00000144. The smallest absolute Gasteiger partial charge is 0.768 e. The molecule has 0 aromatic carbocycles. The Hall–Kier alpha value is 0.210. The van der Waals surface area contributed by atoms with E-state index in [1.807, 2.05) is 0 Å². The van der Waals surface area contributed by atoms with Crippen LogP contribution in [0.4, 0.5) is 5.00 Å². The van der Waals surface area contributed by atoms with Crippen LogP contribution in [0.2, 0.25) is 0 Å². The maximum absolute atomic E-state index is 10.4. The van der Waals surface area contributed by atoms with E-state index in [0.717, 1.165) is 11.3 Å². The van der Waals surface area contributed by atoms with E-state index in [1.54, 1.807) is 6.92 Å². The molecule has 0 spiro atoms. The number of aryl methyl sites for hydroxylation is 1. The average molecular weight is 229 g/mol. The first-order chi connectivity index (χ1) is 5.52. The van der Waals surface area contributed by atoms with Gasteiger partial charge in [-0.3, -0.25) is 14.3 Å². The zero-order chi connectivity index (χ0) is 9.30. The molecule has 5 nitrogen and oxygen atoms in total. The molecule has 0 amide bonds. The monoisotopic (exact) mass is 229 g/mol. The van der Waals surface area contributed by atoms with E-state index in [9.17, 15) is 18.9 Å². The van der Waals surface area contributed by atoms with Crippen molar-refractivity contribution in [3.63, 3.8) is 0 Å². The van der Waals surface area contributed by atoms with Gasteiger partial charge in [0, 0.05) is 4.88 Å². The third-order valence-corrected chi connectivity index (χ3v) is 2.95. The van der Waals surface area contributed by atoms with Crippen LogP contribution in [0.25, 0.3) is 0 Å². The molecular weight excluding hydrogens is 225 g/mol. The Bertz CT molecular complexity index is 319. The Kier molecular flexibility index (Phi) is 5.26. The molecule has 0 saturated carbocycles. The van der Waals surface area contributed by atoms with Gasteiger partial charge in [0.05, 0.1) is 4.92 Å². The molecule has 1 aromatic rings. The van der Waals surface area contributed by atoms with E-state index in [0.29, 0.717) is 4.88 Å². The van der Waals surface area contributed by atoms with Crippen molar-refractivity contribution in [3.05, 3.63) is 21.1 Å². The molecule has 0 saturated heterocycles. The normalized spacial score (nSPS) is 11.8. The summed E-state index contributed by atoms with van der Waals surface area (Å²) in [6.45, 7) is 1.62. The van der Waals surface area contributed by atoms with Crippen molar-refractivity contribution in [1.29, 1.82) is 0 Å². The number of hydrogen-bond acceptors (Lipinski definition) is 5. The summed E-state index contributed by atoms with van der Waals surface area (Å²) in [6, 6.07) is 1.28. The van der Waals surface area contributed by atoms with Gasteiger partial charge in [-0.05, 0) is 24.1 Å². The predicted molar refractivity (Wildman–Crippen MR) is 42.9 cm³/mol. The first-order valence-corrected chi connectivity index (χ1v) is 4.75. The average Bonchev–Trinajstić information content (AvgIpc) is 2.31. The number of thiophene rings is 1. The Morgan fingerprint density at radius 2 is 2.15 bits per heavy atom. The van der Waals surface area contributed by atoms with Crippen LogP contribution in [-0.2, 0) is 11.1 Å². The third-order valence-electron chi connectivity index (χ3n) is 1.15. The fourth-order valence-electron chi connectivity index (χ4n) is 0.725. The van der Waals surface area contributed by atoms with Gasteiger partial charge in [0.1, 0.15) is 4.90 Å². The van der Waals surface area contributed by atoms with E-state index in [2.05, 4.69) is 0 Å². The molecule has 1 unspecified atom stereocenters. The summed E-state index contributed by atoms with van der Waals surface area (Å²) in [5.74, 6) is 0. The first-order valence-electron chi connectivity index (χ1n) is 2.86. The summed E-state index contributed by atoms with van der Waals surface area (Å²) in [6.07, 6.45) is 0. The van der Waals surface area contributed by atoms with Crippen molar-refractivity contribution in [2.24, 2.45) is 0 Å². The van der Waals surface area contributed by atoms with Crippen LogP contribution < -0.4 is 29.6 Å². The van der Waals surface area contributed by atoms with Gasteiger partial charge in [0.15, 0.2) is 0 Å². The molecule has 1 rings (SSSR count). The van der Waals surface area contributed by atoms with Gasteiger partial charge in [0.2, 0.25) is 0 Å². The fraction of sp³-hybridized carbons (Fsp3) is 0.200. The van der Waals surface area contributed by atoms with Gasteiger partial charge in [0.25, 0.3) is 0 Å². The molecule has 0 N–H and O–H groups in total. The molecular formula is C5H4NNaO4S2. The van der Waals surface area contributed by atoms with Gasteiger partial charge in [-0.15, -0.1) is 0 Å². The van der Waals surface area contributed by atoms with E-state index in [4.69, 9.17) is 0 Å². The minimum Gasteiger partial charge on any atom is -0.768 e. The van der Waals surface area contributed by atoms with Crippen LogP contribution in [0.5, 0.6) is 0 Å². The van der Waals surface area contributed by atoms with Crippen molar-refractivity contribution in [3.8, 4) is 0 Å². The quantitative estimate of drug-likeness (QED) is 0.259. The van der Waals surface area contributed by atoms with Crippen LogP contribution in [0.3, 0.4) is 0 Å². The summed E-state index contributed by atoms with van der Waals surface area (Å²) < 4.78 is 20.9. The maximum Gasteiger partial charge on any atom is 1.00 e. The minimum atomic E-state index is -2.52. The maximum atomic E-state index is 10.4. The Labute approximate surface area is 103 Å². The van der Waals surface area contributed by atoms with Crippen LogP contribution in [0.1, 0.15) is 4.88 Å². The van der Waals surface area contributed by atoms with Crippen LogP contribution in [-0.4, -0.2) is 13.7 Å². The van der Waals surface area contributed by atoms with Crippen molar-refractivity contribution < 1.29 is 43.2 Å². The van der Waals surface area contributed by atoms with Crippen LogP contribution in [0.15, 0.2) is 11.0 Å². The summed E-state index contributed by atoms with van der Waals surface area (Å²) >= 11 is -1.66. The second-order valence-corrected chi connectivity index (χ2v) is 4.16. The molecule has 0 radical (unpaired) electrons. The molecule has 0 bridgehead atoms. The Morgan fingerprint density at radius 3 is 2.46 bits per heavy atom. The molecule has 13 heavy (non-hydrogen) atoms. The molecule has 8 heteroatoms. The summed E-state index contributed by atoms with van der Waals surface area (Å²) in [5.41, 5.74) is 0. The largest absolute Gasteiger partial charge is 1.00 e. The number of hydrogen-bond donors (Lipinski definition) is 0. The Morgan fingerprint density at radius 1 is 1.62 bits per heavy atom. The predicted octanol–water partition coefficient (Wildman–Crippen LogP) is -1.79. The van der Waals surface area contributed by atoms with Gasteiger partial charge in [-0.2, -0.15) is 0 Å². The van der Waals surface area contributed by atoms with Crippen molar-refractivity contribution in [1.82, 2.24) is 0 Å². The van der Waals surface area contributed by atoms with Gasteiger partial charge in [-0.1, -0.05) is 11.3 Å². The van der Waals surface area contributed by atoms with Gasteiger partial charge < -0.3 is 4.55 Å². The second kappa shape index (κ2) is 5.18. The molecule has 1 atom stereocenters. The van der Waals surface area contributed by atoms with Gasteiger partial charge >= 0.3 is 34.6 Å². The first kappa shape index (κ1) is 13.2. The van der Waals surface area contributed by atoms with E-state index >= 15 is 0 Å². The van der Waals surface area contributed by atoms with Crippen LogP contribution >= 0.6 is 11.3 Å². The second-order valence-electron chi connectivity index (χ2n) is 2.02. The molecule has 0 fully saturated rings. The van der Waals surface area contributed by atoms with E-state index in [1.165, 1.54) is 6.07 Å². The molecule has 66 valence electrons. The topological polar surface area (TPSA) is 83.3 Å². The molecule has 1 aromatic heterocycles. The van der Waals surface area contributed by atoms with Gasteiger partial charge in [-0.25, -0.2) is 0 Å². The summed E-state index contributed by atoms with van der Waals surface area (Å²) in [5, 5.41) is 9.96. The molecule has 0 aliphatic heterocycles. The standard InChI is InChI=1S/C5H5NO4S2.Na/c1-3-2-4(12(9)10)5(11-3)6(7)8;/h2H,1H3,(H,9,10);/q;+1/p-1. The number of nitrogens with zero attached hydrogens (tertiary/aromatic N) is 1. The van der Waals surface area contributed by atoms with Crippen molar-refractivity contribution in [2.75, 3.05) is 0 Å². The zero-order valence-electron chi connectivity index (χ0n) is 6.97. The number of nitro groups is 1. The minimum absolute atomic E-state index is 0. The number of rotatable bonds is 2.